The zero-order valence-electron chi connectivity index (χ0n) is 15.3. The number of hydrogen-bond donors (Lipinski definition) is 0. The van der Waals surface area contributed by atoms with Crippen molar-refractivity contribution < 1.29 is 14.3 Å². The molecule has 0 atom stereocenters. The van der Waals surface area contributed by atoms with E-state index in [2.05, 4.69) is 0 Å². The van der Waals surface area contributed by atoms with Crippen molar-refractivity contribution in [3.05, 3.63) is 65.4 Å². The Bertz CT molecular complexity index is 845. The Morgan fingerprint density at radius 1 is 1.15 bits per heavy atom. The summed E-state index contributed by atoms with van der Waals surface area (Å²) in [6.45, 7) is 3.08. The van der Waals surface area contributed by atoms with Crippen LogP contribution in [0.4, 0.5) is 0 Å². The molecular weight excluding hydrogens is 378 g/mol. The molecule has 0 aliphatic carbocycles. The average molecular weight is 400 g/mol. The Hall–Kier alpha value is -2.31. The van der Waals surface area contributed by atoms with Crippen LogP contribution in [0, 0.1) is 0 Å². The molecule has 2 aromatic carbocycles. The summed E-state index contributed by atoms with van der Waals surface area (Å²) in [5.41, 5.74) is 2.02. The molecule has 0 radical (unpaired) electrons. The van der Waals surface area contributed by atoms with Crippen LogP contribution in [0.3, 0.4) is 0 Å². The van der Waals surface area contributed by atoms with Gasteiger partial charge in [-0.25, -0.2) is 0 Å². The van der Waals surface area contributed by atoms with Crippen molar-refractivity contribution in [2.75, 3.05) is 19.4 Å². The molecule has 1 aliphatic heterocycles. The Kier molecular flexibility index (Phi) is 6.53. The molecule has 1 fully saturated rings. The molecule has 4 nitrogen and oxygen atoms in total. The molecule has 3 rings (SSSR count). The van der Waals surface area contributed by atoms with Crippen LogP contribution < -0.4 is 4.74 Å². The van der Waals surface area contributed by atoms with E-state index in [4.69, 9.17) is 21.7 Å². The van der Waals surface area contributed by atoms with Crippen molar-refractivity contribution in [2.45, 2.75) is 18.2 Å². The number of carbonyl (C=O) groups excluding carboxylic acids is 1. The normalized spacial score (nSPS) is 15.3. The highest BCUT2D eigenvalue weighted by atomic mass is 32.2. The lowest BCUT2D eigenvalue weighted by atomic mass is 10.1. The fourth-order valence-electron chi connectivity index (χ4n) is 2.70. The van der Waals surface area contributed by atoms with E-state index < -0.39 is 0 Å². The first-order valence-electron chi connectivity index (χ1n) is 8.72. The number of ether oxygens (including phenoxy) is 2. The van der Waals surface area contributed by atoms with Gasteiger partial charge < -0.3 is 9.47 Å². The molecule has 2 aromatic rings. The van der Waals surface area contributed by atoms with Crippen LogP contribution in [0.15, 0.2) is 59.2 Å². The molecule has 0 spiro atoms. The van der Waals surface area contributed by atoms with E-state index in [-0.39, 0.29) is 16.8 Å². The van der Waals surface area contributed by atoms with Gasteiger partial charge in [0.15, 0.2) is 5.76 Å². The van der Waals surface area contributed by atoms with Gasteiger partial charge in [0.05, 0.1) is 6.61 Å². The van der Waals surface area contributed by atoms with Crippen molar-refractivity contribution in [2.24, 2.45) is 0 Å². The molecule has 1 saturated heterocycles. The minimum absolute atomic E-state index is 0.195. The number of amides is 1. The number of thioether (sulfide) groups is 1. The first-order valence-corrected chi connectivity index (χ1v) is 10.3. The molecule has 1 aliphatic rings. The first kappa shape index (κ1) is 19.5. The van der Waals surface area contributed by atoms with Crippen LogP contribution in [0.2, 0.25) is 0 Å². The van der Waals surface area contributed by atoms with Crippen LogP contribution in [0.5, 0.6) is 5.75 Å². The summed E-state index contributed by atoms with van der Waals surface area (Å²) >= 11 is 6.91. The minimum atomic E-state index is -0.195. The predicted octanol–water partition coefficient (Wildman–Crippen LogP) is 4.53. The maximum Gasteiger partial charge on any atom is 0.297 e. The van der Waals surface area contributed by atoms with E-state index in [0.29, 0.717) is 19.6 Å². The van der Waals surface area contributed by atoms with E-state index >= 15 is 0 Å². The van der Waals surface area contributed by atoms with Gasteiger partial charge >= 0.3 is 0 Å². The topological polar surface area (TPSA) is 38.8 Å². The number of hydrogen-bond acceptors (Lipinski definition) is 5. The zero-order valence-corrected chi connectivity index (χ0v) is 16.9. The lowest BCUT2D eigenvalue weighted by molar-refractivity contribution is -0.122. The average Bonchev–Trinajstić information content (AvgIpc) is 2.95. The molecule has 140 valence electrons. The number of thiocarbonyl (C=S) groups is 1. The van der Waals surface area contributed by atoms with E-state index in [9.17, 15) is 4.79 Å². The summed E-state index contributed by atoms with van der Waals surface area (Å²) in [4.78, 5) is 15.3. The van der Waals surface area contributed by atoms with Gasteiger partial charge in [0.25, 0.3) is 11.1 Å². The van der Waals surface area contributed by atoms with Crippen LogP contribution in [0.25, 0.3) is 6.08 Å². The third-order valence-electron chi connectivity index (χ3n) is 4.15. The molecule has 27 heavy (non-hydrogen) atoms. The predicted molar refractivity (Wildman–Crippen MR) is 113 cm³/mol. The van der Waals surface area contributed by atoms with Crippen molar-refractivity contribution >= 4 is 41.1 Å². The van der Waals surface area contributed by atoms with Gasteiger partial charge in [-0.3, -0.25) is 9.69 Å². The summed E-state index contributed by atoms with van der Waals surface area (Å²) < 4.78 is 11.0. The Morgan fingerprint density at radius 2 is 1.85 bits per heavy atom. The van der Waals surface area contributed by atoms with E-state index in [1.807, 2.05) is 61.7 Å². The maximum absolute atomic E-state index is 12.6. The smallest absolute Gasteiger partial charge is 0.297 e. The highest BCUT2D eigenvalue weighted by Crippen LogP contribution is 2.22. The zero-order chi connectivity index (χ0) is 19.2. The molecule has 6 heteroatoms. The second-order valence-electron chi connectivity index (χ2n) is 5.93. The second kappa shape index (κ2) is 9.06. The van der Waals surface area contributed by atoms with Gasteiger partial charge in [0, 0.05) is 11.4 Å². The van der Waals surface area contributed by atoms with Gasteiger partial charge in [-0.15, -0.1) is 11.8 Å². The molecule has 0 N–H and O–H groups in total. The first-order chi connectivity index (χ1) is 13.1. The lowest BCUT2D eigenvalue weighted by Crippen LogP contribution is -2.30. The summed E-state index contributed by atoms with van der Waals surface area (Å²) in [5, 5.41) is 0.206. The highest BCUT2D eigenvalue weighted by Gasteiger charge is 2.32. The van der Waals surface area contributed by atoms with Crippen LogP contribution >= 0.6 is 24.0 Å². The summed E-state index contributed by atoms with van der Waals surface area (Å²) in [7, 11) is 0. The van der Waals surface area contributed by atoms with Crippen LogP contribution in [-0.4, -0.2) is 35.4 Å². The Labute approximate surface area is 169 Å². The molecular formula is C21H21NO3S2. The second-order valence-corrected chi connectivity index (χ2v) is 7.16. The van der Waals surface area contributed by atoms with E-state index in [0.717, 1.165) is 16.9 Å². The third kappa shape index (κ3) is 4.90. The molecule has 0 unspecified atom stereocenters. The van der Waals surface area contributed by atoms with Gasteiger partial charge in [-0.2, -0.15) is 0 Å². The quantitative estimate of drug-likeness (QED) is 0.388. The number of nitrogens with zero attached hydrogens (tertiary/aromatic N) is 1. The molecule has 0 saturated carbocycles. The Balaban J connectivity index is 1.64. The summed E-state index contributed by atoms with van der Waals surface area (Å²) in [5.74, 6) is 0.915. The van der Waals surface area contributed by atoms with Gasteiger partial charge in [-0.05, 0) is 73.3 Å². The van der Waals surface area contributed by atoms with Gasteiger partial charge in [0.2, 0.25) is 0 Å². The number of carbonyl (C=O) groups is 1. The molecule has 0 bridgehead atoms. The summed E-state index contributed by atoms with van der Waals surface area (Å²) in [6, 6.07) is 15.8. The van der Waals surface area contributed by atoms with Crippen molar-refractivity contribution in [1.82, 2.24) is 4.90 Å². The lowest BCUT2D eigenvalue weighted by Gasteiger charge is -2.12. The van der Waals surface area contributed by atoms with Crippen LogP contribution in [-0.2, 0) is 16.0 Å². The maximum atomic E-state index is 12.6. The minimum Gasteiger partial charge on any atom is -0.494 e. The van der Waals surface area contributed by atoms with Gasteiger partial charge in [-0.1, -0.05) is 24.3 Å². The number of rotatable bonds is 7. The van der Waals surface area contributed by atoms with Gasteiger partial charge in [0.1, 0.15) is 5.75 Å². The van der Waals surface area contributed by atoms with E-state index in [1.165, 1.54) is 9.80 Å². The van der Waals surface area contributed by atoms with E-state index in [1.54, 1.807) is 17.8 Å². The summed E-state index contributed by atoms with van der Waals surface area (Å²) in [6.07, 6.45) is 4.45. The highest BCUT2D eigenvalue weighted by molar-refractivity contribution is 7.98. The monoisotopic (exact) mass is 399 g/mol. The molecule has 1 heterocycles. The standard InChI is InChI=1S/C21H21NO3S2/c1-3-24-17-8-4-15(5-9-17)12-13-22-20(23)19(25-21(22)26)14-16-6-10-18(27-2)11-7-16/h4-11,14H,3,12-13H2,1-2H3. The van der Waals surface area contributed by atoms with Crippen molar-refractivity contribution in [1.29, 1.82) is 0 Å². The fraction of sp³-hybridized carbons (Fsp3) is 0.238. The molecule has 1 amide bonds. The SMILES string of the molecule is CCOc1ccc(CCN2C(=O)C(=Cc3ccc(SC)cc3)OC2=S)cc1. The molecule has 0 aromatic heterocycles. The fourth-order valence-corrected chi connectivity index (χ4v) is 3.38. The largest absolute Gasteiger partial charge is 0.494 e. The Morgan fingerprint density at radius 3 is 2.48 bits per heavy atom. The number of benzene rings is 2. The van der Waals surface area contributed by atoms with Crippen molar-refractivity contribution in [3.63, 3.8) is 0 Å². The van der Waals surface area contributed by atoms with Crippen LogP contribution in [0.1, 0.15) is 18.1 Å². The third-order valence-corrected chi connectivity index (χ3v) is 5.19. The van der Waals surface area contributed by atoms with Crippen molar-refractivity contribution in [3.8, 4) is 5.75 Å².